The monoisotopic (exact) mass is 317 g/mol. The summed E-state index contributed by atoms with van der Waals surface area (Å²) in [5, 5.41) is 13.9. The predicted octanol–water partition coefficient (Wildman–Crippen LogP) is 1.33. The number of rotatable bonds is 7. The Balaban J connectivity index is 1.84. The maximum Gasteiger partial charge on any atom is 0.310 e. The second kappa shape index (κ2) is 8.02. The lowest BCUT2D eigenvalue weighted by Gasteiger charge is -2.06. The van der Waals surface area contributed by atoms with Gasteiger partial charge in [0, 0.05) is 19.2 Å². The summed E-state index contributed by atoms with van der Waals surface area (Å²) in [4.78, 5) is 22.8. The number of anilines is 1. The first-order valence-corrected chi connectivity index (χ1v) is 7.35. The van der Waals surface area contributed by atoms with Crippen molar-refractivity contribution in [2.75, 3.05) is 5.32 Å². The van der Waals surface area contributed by atoms with Crippen molar-refractivity contribution in [3.63, 3.8) is 0 Å². The molecule has 23 heavy (non-hydrogen) atoms. The van der Waals surface area contributed by atoms with Crippen LogP contribution in [0.4, 0.5) is 5.69 Å². The van der Waals surface area contributed by atoms with E-state index in [4.69, 9.17) is 4.74 Å². The lowest BCUT2D eigenvalue weighted by molar-refractivity contribution is -0.144. The first-order chi connectivity index (χ1) is 11.1. The number of amides is 1. The van der Waals surface area contributed by atoms with Gasteiger partial charge in [-0.2, -0.15) is 0 Å². The molecule has 1 heterocycles. The van der Waals surface area contributed by atoms with E-state index in [2.05, 4.69) is 20.8 Å². The molecule has 1 aromatic carbocycles. The van der Waals surface area contributed by atoms with Crippen molar-refractivity contribution in [3.05, 3.63) is 35.7 Å². The molecule has 0 aliphatic carbocycles. The third-order valence-electron chi connectivity index (χ3n) is 3.03. The van der Waals surface area contributed by atoms with Gasteiger partial charge < -0.3 is 10.1 Å². The average molecular weight is 317 g/mol. The molecule has 0 aliphatic rings. The SMILES string of the molecule is CCCn1nnnc1COC(=O)Cc1ccc(NC(C)=O)cc1. The van der Waals surface area contributed by atoms with Gasteiger partial charge in [-0.05, 0) is 34.5 Å². The number of nitrogens with zero attached hydrogens (tertiary/aromatic N) is 4. The average Bonchev–Trinajstić information content (AvgIpc) is 2.94. The van der Waals surface area contributed by atoms with Crippen LogP contribution in [0.15, 0.2) is 24.3 Å². The second-order valence-electron chi connectivity index (χ2n) is 5.03. The number of benzene rings is 1. The van der Waals surface area contributed by atoms with E-state index in [-0.39, 0.29) is 24.9 Å². The van der Waals surface area contributed by atoms with E-state index in [1.807, 2.05) is 6.92 Å². The van der Waals surface area contributed by atoms with Crippen LogP contribution >= 0.6 is 0 Å². The van der Waals surface area contributed by atoms with Crippen molar-refractivity contribution in [2.24, 2.45) is 0 Å². The van der Waals surface area contributed by atoms with Gasteiger partial charge >= 0.3 is 5.97 Å². The van der Waals surface area contributed by atoms with Crippen LogP contribution < -0.4 is 5.32 Å². The molecule has 0 fully saturated rings. The highest BCUT2D eigenvalue weighted by Gasteiger charge is 2.10. The minimum Gasteiger partial charge on any atom is -0.457 e. The molecule has 0 atom stereocenters. The molecule has 8 heteroatoms. The molecule has 0 spiro atoms. The van der Waals surface area contributed by atoms with Gasteiger partial charge in [0.1, 0.15) is 0 Å². The van der Waals surface area contributed by atoms with Crippen molar-refractivity contribution in [2.45, 2.75) is 39.8 Å². The minimum atomic E-state index is -0.358. The second-order valence-corrected chi connectivity index (χ2v) is 5.03. The molecular formula is C15H19N5O3. The number of aromatic nitrogens is 4. The zero-order valence-corrected chi connectivity index (χ0v) is 13.2. The van der Waals surface area contributed by atoms with E-state index < -0.39 is 0 Å². The van der Waals surface area contributed by atoms with Crippen LogP contribution in [0.2, 0.25) is 0 Å². The third-order valence-corrected chi connectivity index (χ3v) is 3.03. The van der Waals surface area contributed by atoms with Crippen LogP contribution in [0.25, 0.3) is 0 Å². The number of hydrogen-bond donors (Lipinski definition) is 1. The fourth-order valence-corrected chi connectivity index (χ4v) is 1.98. The van der Waals surface area contributed by atoms with Crippen LogP contribution in [0, 0.1) is 0 Å². The molecule has 1 N–H and O–H groups in total. The highest BCUT2D eigenvalue weighted by molar-refractivity contribution is 5.88. The van der Waals surface area contributed by atoms with Crippen molar-refractivity contribution >= 4 is 17.6 Å². The largest absolute Gasteiger partial charge is 0.457 e. The Labute approximate surface area is 133 Å². The molecule has 122 valence electrons. The Bertz CT molecular complexity index is 666. The zero-order chi connectivity index (χ0) is 16.7. The Hall–Kier alpha value is -2.77. The summed E-state index contributed by atoms with van der Waals surface area (Å²) in [5.74, 6) is 0.0338. The van der Waals surface area contributed by atoms with E-state index in [0.29, 0.717) is 18.1 Å². The number of esters is 1. The summed E-state index contributed by atoms with van der Waals surface area (Å²) in [6, 6.07) is 7.03. The highest BCUT2D eigenvalue weighted by atomic mass is 16.5. The van der Waals surface area contributed by atoms with Gasteiger partial charge in [0.05, 0.1) is 6.42 Å². The Morgan fingerprint density at radius 3 is 2.65 bits per heavy atom. The molecular weight excluding hydrogens is 298 g/mol. The molecule has 0 unspecified atom stereocenters. The molecule has 1 amide bonds. The van der Waals surface area contributed by atoms with Crippen LogP contribution in [-0.4, -0.2) is 32.1 Å². The van der Waals surface area contributed by atoms with Crippen LogP contribution in [-0.2, 0) is 33.9 Å². The number of carbonyl (C=O) groups is 2. The number of tetrazole rings is 1. The summed E-state index contributed by atoms with van der Waals surface area (Å²) in [6.07, 6.45) is 1.04. The van der Waals surface area contributed by atoms with Crippen molar-refractivity contribution in [1.29, 1.82) is 0 Å². The van der Waals surface area contributed by atoms with Crippen molar-refractivity contribution in [3.8, 4) is 0 Å². The zero-order valence-electron chi connectivity index (χ0n) is 13.2. The van der Waals surface area contributed by atoms with E-state index in [1.54, 1.807) is 28.9 Å². The molecule has 1 aromatic heterocycles. The standard InChI is InChI=1S/C15H19N5O3/c1-3-8-20-14(17-18-19-20)10-23-15(22)9-12-4-6-13(7-5-12)16-11(2)21/h4-7H,3,8-10H2,1-2H3,(H,16,21). The number of hydrogen-bond acceptors (Lipinski definition) is 6. The fraction of sp³-hybridized carbons (Fsp3) is 0.400. The number of nitrogens with one attached hydrogen (secondary N) is 1. The molecule has 0 saturated heterocycles. The number of ether oxygens (including phenoxy) is 1. The lowest BCUT2D eigenvalue weighted by Crippen LogP contribution is -2.12. The van der Waals surface area contributed by atoms with E-state index in [1.165, 1.54) is 6.92 Å². The quantitative estimate of drug-likeness (QED) is 0.773. The highest BCUT2D eigenvalue weighted by Crippen LogP contribution is 2.10. The van der Waals surface area contributed by atoms with Gasteiger partial charge in [0.2, 0.25) is 5.91 Å². The maximum absolute atomic E-state index is 11.9. The first-order valence-electron chi connectivity index (χ1n) is 7.35. The van der Waals surface area contributed by atoms with Gasteiger partial charge in [-0.25, -0.2) is 4.68 Å². The van der Waals surface area contributed by atoms with Crippen LogP contribution in [0.3, 0.4) is 0 Å². The van der Waals surface area contributed by atoms with Gasteiger partial charge in [0.15, 0.2) is 12.4 Å². The molecule has 8 nitrogen and oxygen atoms in total. The summed E-state index contributed by atoms with van der Waals surface area (Å²) in [7, 11) is 0. The van der Waals surface area contributed by atoms with Gasteiger partial charge in [-0.3, -0.25) is 9.59 Å². The first kappa shape index (κ1) is 16.6. The summed E-state index contributed by atoms with van der Waals surface area (Å²) >= 11 is 0. The van der Waals surface area contributed by atoms with Crippen LogP contribution in [0.1, 0.15) is 31.7 Å². The number of carbonyl (C=O) groups excluding carboxylic acids is 2. The van der Waals surface area contributed by atoms with Gasteiger partial charge in [-0.1, -0.05) is 19.1 Å². The molecule has 0 aliphatic heterocycles. The van der Waals surface area contributed by atoms with E-state index in [0.717, 1.165) is 12.0 Å². The van der Waals surface area contributed by atoms with E-state index >= 15 is 0 Å². The Kier molecular flexibility index (Phi) is 5.79. The van der Waals surface area contributed by atoms with E-state index in [9.17, 15) is 9.59 Å². The summed E-state index contributed by atoms with van der Waals surface area (Å²) in [6.45, 7) is 4.19. The topological polar surface area (TPSA) is 99.0 Å². The summed E-state index contributed by atoms with van der Waals surface area (Å²) < 4.78 is 6.82. The molecule has 0 saturated carbocycles. The molecule has 0 radical (unpaired) electrons. The Morgan fingerprint density at radius 1 is 1.26 bits per heavy atom. The Morgan fingerprint density at radius 2 is 2.00 bits per heavy atom. The predicted molar refractivity (Wildman–Crippen MR) is 82.4 cm³/mol. The van der Waals surface area contributed by atoms with Crippen molar-refractivity contribution in [1.82, 2.24) is 20.2 Å². The van der Waals surface area contributed by atoms with Gasteiger partial charge in [-0.15, -0.1) is 5.10 Å². The third kappa shape index (κ3) is 5.17. The normalized spacial score (nSPS) is 10.3. The van der Waals surface area contributed by atoms with Gasteiger partial charge in [0.25, 0.3) is 0 Å². The van der Waals surface area contributed by atoms with Crippen LogP contribution in [0.5, 0.6) is 0 Å². The smallest absolute Gasteiger partial charge is 0.310 e. The maximum atomic E-state index is 11.9. The lowest BCUT2D eigenvalue weighted by atomic mass is 10.1. The van der Waals surface area contributed by atoms with Crippen molar-refractivity contribution < 1.29 is 14.3 Å². The minimum absolute atomic E-state index is 0.0514. The summed E-state index contributed by atoms with van der Waals surface area (Å²) in [5.41, 5.74) is 1.49. The molecule has 2 aromatic rings. The molecule has 2 rings (SSSR count). The number of aryl methyl sites for hydroxylation is 1. The molecule has 0 bridgehead atoms. The fourth-order valence-electron chi connectivity index (χ4n) is 1.98.